The lowest BCUT2D eigenvalue weighted by Crippen LogP contribution is -2.63. The predicted molar refractivity (Wildman–Crippen MR) is 163 cm³/mol. The maximum Gasteiger partial charge on any atom is 0.418 e. The molecule has 0 spiro atoms. The van der Waals surface area contributed by atoms with Crippen LogP contribution in [0.5, 0.6) is 11.8 Å². The molecule has 3 fully saturated rings. The lowest BCUT2D eigenvalue weighted by atomic mass is 9.94. The summed E-state index contributed by atoms with van der Waals surface area (Å²) in [6.07, 6.45) is -1.26. The molecule has 3 N–H and O–H groups in total. The summed E-state index contributed by atoms with van der Waals surface area (Å²) >= 11 is 0. The average Bonchev–Trinajstić information content (AvgIpc) is 3.44. The van der Waals surface area contributed by atoms with E-state index in [0.29, 0.717) is 17.7 Å². The number of pyridine rings is 1. The van der Waals surface area contributed by atoms with Gasteiger partial charge in [-0.1, -0.05) is 19.1 Å². The maximum absolute atomic E-state index is 16.8. The van der Waals surface area contributed by atoms with Crippen molar-refractivity contribution in [1.82, 2.24) is 25.2 Å². The van der Waals surface area contributed by atoms with E-state index >= 15 is 4.39 Å². The molecule has 4 atom stereocenters. The quantitative estimate of drug-likeness (QED) is 0.290. The first-order chi connectivity index (χ1) is 21.4. The number of aryl methyl sites for hydroxylation is 1. The second-order valence-electron chi connectivity index (χ2n) is 13.0. The number of alkyl halides is 3. The predicted octanol–water partition coefficient (Wildman–Crippen LogP) is 5.25. The Bertz CT molecular complexity index is 1700. The number of nitrogen functional groups attached to an aromatic ring is 1. The van der Waals surface area contributed by atoms with E-state index < -0.39 is 28.8 Å². The van der Waals surface area contributed by atoms with E-state index in [1.54, 1.807) is 0 Å². The number of fused-ring (bicyclic) bond motifs is 3. The highest BCUT2D eigenvalue weighted by molar-refractivity contribution is 5.99. The standard InChI is InChI=1S/C32H37F4N7O2/c1-5-20-21-14-44-22-10-19(27-25(32(34,35)36)17(3)9-23(37)39-27)26(33)28-24(22)29(43(21)13-18(4)38-20)41-30(40-28)45-15-31-7-6-8-42(31)12-16(2)11-31/h9-10,18,20-21,38H,2,5-8,11-15H2,1,3-4H3,(H2,37,39)/t18-,20+,21-,31+/m1/s1. The molecule has 13 heteroatoms. The molecular weight excluding hydrogens is 590 g/mol. The van der Waals surface area contributed by atoms with Gasteiger partial charge in [-0.25, -0.2) is 9.37 Å². The number of rotatable bonds is 5. The number of ether oxygens (including phenoxy) is 2. The number of aromatic nitrogens is 3. The SMILES string of the molecule is C=C1CN2CCC[C@@]2(COc2nc3c4c(cc(-c5nc(N)cc(C)c5C(F)(F)F)c(F)c4n2)OC[C@@H]2[C@H](CC)N[C@H](C)CN32)C1. The zero-order valence-corrected chi connectivity index (χ0v) is 25.6. The van der Waals surface area contributed by atoms with Gasteiger partial charge >= 0.3 is 12.2 Å². The van der Waals surface area contributed by atoms with Crippen molar-refractivity contribution in [2.24, 2.45) is 0 Å². The Balaban J connectivity index is 1.42. The van der Waals surface area contributed by atoms with Crippen molar-refractivity contribution in [3.63, 3.8) is 0 Å². The molecule has 1 aromatic carbocycles. The van der Waals surface area contributed by atoms with Crippen LogP contribution >= 0.6 is 0 Å². The van der Waals surface area contributed by atoms with E-state index in [1.165, 1.54) is 13.0 Å². The summed E-state index contributed by atoms with van der Waals surface area (Å²) in [6, 6.07) is 2.33. The minimum absolute atomic E-state index is 0.0345. The summed E-state index contributed by atoms with van der Waals surface area (Å²) in [5, 5.41) is 3.90. The summed E-state index contributed by atoms with van der Waals surface area (Å²) in [5.41, 5.74) is 4.37. The molecule has 0 unspecified atom stereocenters. The van der Waals surface area contributed by atoms with E-state index in [4.69, 9.17) is 20.2 Å². The van der Waals surface area contributed by atoms with Crippen LogP contribution in [0.4, 0.5) is 29.2 Å². The Kier molecular flexibility index (Phi) is 7.12. The van der Waals surface area contributed by atoms with Gasteiger partial charge in [0, 0.05) is 30.7 Å². The van der Waals surface area contributed by atoms with Gasteiger partial charge in [-0.2, -0.15) is 23.1 Å². The normalized spacial score (nSPS) is 26.5. The summed E-state index contributed by atoms with van der Waals surface area (Å²) in [6.45, 7) is 12.4. The minimum Gasteiger partial charge on any atom is -0.490 e. The number of nitrogens with zero attached hydrogens (tertiary/aromatic N) is 5. The highest BCUT2D eigenvalue weighted by Gasteiger charge is 2.47. The van der Waals surface area contributed by atoms with Crippen LogP contribution in [-0.4, -0.2) is 76.4 Å². The molecule has 4 aliphatic heterocycles. The highest BCUT2D eigenvalue weighted by Crippen LogP contribution is 2.47. The molecule has 3 aromatic rings. The molecule has 45 heavy (non-hydrogen) atoms. The van der Waals surface area contributed by atoms with E-state index in [2.05, 4.69) is 45.5 Å². The van der Waals surface area contributed by atoms with Crippen LogP contribution in [0.15, 0.2) is 24.3 Å². The third-order valence-electron chi connectivity index (χ3n) is 9.77. The molecule has 4 aliphatic rings. The maximum atomic E-state index is 16.8. The monoisotopic (exact) mass is 627 g/mol. The Labute approximate surface area is 258 Å². The smallest absolute Gasteiger partial charge is 0.418 e. The molecule has 0 radical (unpaired) electrons. The van der Waals surface area contributed by atoms with Crippen molar-refractivity contribution >= 4 is 22.5 Å². The third-order valence-corrected chi connectivity index (χ3v) is 9.77. The van der Waals surface area contributed by atoms with Crippen molar-refractivity contribution in [2.75, 3.05) is 43.5 Å². The van der Waals surface area contributed by atoms with Gasteiger partial charge in [0.1, 0.15) is 36.1 Å². The lowest BCUT2D eigenvalue weighted by molar-refractivity contribution is -0.137. The fourth-order valence-electron chi connectivity index (χ4n) is 7.86. The molecule has 0 amide bonds. The van der Waals surface area contributed by atoms with Crippen molar-refractivity contribution < 1.29 is 27.0 Å². The Hall–Kier alpha value is -3.71. The second-order valence-corrected chi connectivity index (χ2v) is 13.0. The lowest BCUT2D eigenvalue weighted by Gasteiger charge is -2.44. The van der Waals surface area contributed by atoms with Gasteiger partial charge in [0.05, 0.1) is 28.2 Å². The van der Waals surface area contributed by atoms with Gasteiger partial charge in [-0.3, -0.25) is 4.90 Å². The number of hydrogen-bond donors (Lipinski definition) is 2. The Morgan fingerprint density at radius 1 is 1.24 bits per heavy atom. The summed E-state index contributed by atoms with van der Waals surface area (Å²) in [7, 11) is 0. The Morgan fingerprint density at radius 2 is 2.04 bits per heavy atom. The first-order valence-corrected chi connectivity index (χ1v) is 15.5. The van der Waals surface area contributed by atoms with Crippen molar-refractivity contribution in [2.45, 2.75) is 76.3 Å². The third kappa shape index (κ3) is 4.95. The van der Waals surface area contributed by atoms with Gasteiger partial charge in [-0.05, 0) is 63.8 Å². The van der Waals surface area contributed by atoms with Crippen LogP contribution in [0, 0.1) is 12.7 Å². The van der Waals surface area contributed by atoms with Crippen LogP contribution in [0.1, 0.15) is 50.7 Å². The van der Waals surface area contributed by atoms with Crippen molar-refractivity contribution in [3.05, 3.63) is 41.2 Å². The first kappa shape index (κ1) is 30.0. The van der Waals surface area contributed by atoms with Gasteiger partial charge < -0.3 is 25.4 Å². The first-order valence-electron chi connectivity index (χ1n) is 15.5. The van der Waals surface area contributed by atoms with Gasteiger partial charge in [-0.15, -0.1) is 0 Å². The number of piperazine rings is 1. The molecular formula is C32H37F4N7O2. The molecule has 7 rings (SSSR count). The average molecular weight is 628 g/mol. The van der Waals surface area contributed by atoms with E-state index in [1.807, 2.05) is 0 Å². The Morgan fingerprint density at radius 3 is 2.80 bits per heavy atom. The number of halogens is 4. The zero-order chi connectivity index (χ0) is 31.8. The summed E-state index contributed by atoms with van der Waals surface area (Å²) in [5.74, 6) is -0.509. The zero-order valence-electron chi connectivity index (χ0n) is 25.6. The molecule has 240 valence electrons. The van der Waals surface area contributed by atoms with E-state index in [0.717, 1.165) is 50.4 Å². The summed E-state index contributed by atoms with van der Waals surface area (Å²) in [4.78, 5) is 17.8. The minimum atomic E-state index is -4.81. The molecule has 3 saturated heterocycles. The topological polar surface area (TPSA) is 102 Å². The van der Waals surface area contributed by atoms with E-state index in [9.17, 15) is 13.2 Å². The highest BCUT2D eigenvalue weighted by atomic mass is 19.4. The fraction of sp³-hybridized carbons (Fsp3) is 0.531. The van der Waals surface area contributed by atoms with Gasteiger partial charge in [0.2, 0.25) is 0 Å². The van der Waals surface area contributed by atoms with Crippen LogP contribution < -0.4 is 25.4 Å². The molecule has 9 nitrogen and oxygen atoms in total. The summed E-state index contributed by atoms with van der Waals surface area (Å²) < 4.78 is 72.4. The molecule has 0 bridgehead atoms. The van der Waals surface area contributed by atoms with Crippen molar-refractivity contribution in [3.8, 4) is 23.0 Å². The number of hydrogen-bond acceptors (Lipinski definition) is 9. The van der Waals surface area contributed by atoms with E-state index in [-0.39, 0.29) is 65.5 Å². The van der Waals surface area contributed by atoms with Crippen LogP contribution in [0.25, 0.3) is 22.2 Å². The molecule has 0 aliphatic carbocycles. The van der Waals surface area contributed by atoms with Gasteiger partial charge in [0.15, 0.2) is 5.82 Å². The van der Waals surface area contributed by atoms with Crippen LogP contribution in [-0.2, 0) is 6.18 Å². The van der Waals surface area contributed by atoms with Crippen LogP contribution in [0.3, 0.4) is 0 Å². The molecule has 0 saturated carbocycles. The number of nitrogens with two attached hydrogens (primary N) is 1. The van der Waals surface area contributed by atoms with Gasteiger partial charge in [0.25, 0.3) is 0 Å². The molecule has 2 aromatic heterocycles. The van der Waals surface area contributed by atoms with Crippen LogP contribution in [0.2, 0.25) is 0 Å². The number of benzene rings is 1. The number of anilines is 2. The van der Waals surface area contributed by atoms with Crippen molar-refractivity contribution in [1.29, 1.82) is 0 Å². The second kappa shape index (κ2) is 10.7. The fourth-order valence-corrected chi connectivity index (χ4v) is 7.86. The number of nitrogens with one attached hydrogen (secondary N) is 1. The molecule has 6 heterocycles. The largest absolute Gasteiger partial charge is 0.490 e.